The fourth-order valence-corrected chi connectivity index (χ4v) is 2.27. The Morgan fingerprint density at radius 1 is 1.53 bits per heavy atom. The lowest BCUT2D eigenvalue weighted by molar-refractivity contribution is -0.132. The summed E-state index contributed by atoms with van der Waals surface area (Å²) in [6.07, 6.45) is 5.75. The Balaban J connectivity index is 2.46. The molecule has 0 spiro atoms. The van der Waals surface area contributed by atoms with Crippen molar-refractivity contribution in [3.63, 3.8) is 0 Å². The van der Waals surface area contributed by atoms with Gasteiger partial charge in [-0.25, -0.2) is 0 Å². The minimum absolute atomic E-state index is 0.253. The highest BCUT2D eigenvalue weighted by Gasteiger charge is 2.32. The van der Waals surface area contributed by atoms with Crippen LogP contribution in [-0.4, -0.2) is 29.9 Å². The van der Waals surface area contributed by atoms with Gasteiger partial charge in [-0.1, -0.05) is 19.9 Å². The molecular weight excluding hydrogens is 212 g/mol. The molecule has 17 heavy (non-hydrogen) atoms. The second-order valence-corrected chi connectivity index (χ2v) is 5.50. The minimum atomic E-state index is 0.253. The minimum Gasteiger partial charge on any atom is -0.336 e. The van der Waals surface area contributed by atoms with E-state index in [4.69, 9.17) is 5.73 Å². The molecule has 0 radical (unpaired) electrons. The van der Waals surface area contributed by atoms with Crippen molar-refractivity contribution in [1.29, 1.82) is 0 Å². The standard InChI is InChI=1S/C14H26N2O/c1-4-7-16(13-5-6-13)14(17)9-12(10-15)8-11(2)3/h4,11-13H,1,5-10,15H2,2-3H3. The highest BCUT2D eigenvalue weighted by Crippen LogP contribution is 2.28. The van der Waals surface area contributed by atoms with Gasteiger partial charge < -0.3 is 10.6 Å². The van der Waals surface area contributed by atoms with E-state index in [0.717, 1.165) is 19.3 Å². The zero-order valence-electron chi connectivity index (χ0n) is 11.2. The molecule has 1 aliphatic rings. The molecule has 1 atom stereocenters. The molecule has 0 aromatic rings. The second-order valence-electron chi connectivity index (χ2n) is 5.50. The van der Waals surface area contributed by atoms with Crippen LogP contribution in [0.4, 0.5) is 0 Å². The number of rotatable bonds is 8. The fraction of sp³-hybridized carbons (Fsp3) is 0.786. The smallest absolute Gasteiger partial charge is 0.223 e. The average Bonchev–Trinajstić information content (AvgIpc) is 3.07. The first-order valence-electron chi connectivity index (χ1n) is 6.68. The van der Waals surface area contributed by atoms with Crippen LogP contribution in [0.2, 0.25) is 0 Å². The van der Waals surface area contributed by atoms with Gasteiger partial charge in [-0.15, -0.1) is 6.58 Å². The molecule has 3 heteroatoms. The van der Waals surface area contributed by atoms with Crippen LogP contribution in [0.15, 0.2) is 12.7 Å². The van der Waals surface area contributed by atoms with Gasteiger partial charge in [-0.05, 0) is 37.6 Å². The summed E-state index contributed by atoms with van der Waals surface area (Å²) >= 11 is 0. The molecule has 3 nitrogen and oxygen atoms in total. The predicted molar refractivity (Wildman–Crippen MR) is 71.5 cm³/mol. The Bertz CT molecular complexity index is 259. The highest BCUT2D eigenvalue weighted by molar-refractivity contribution is 5.77. The molecule has 1 rings (SSSR count). The molecule has 0 heterocycles. The summed E-state index contributed by atoms with van der Waals surface area (Å²) in [6, 6.07) is 0.470. The van der Waals surface area contributed by atoms with Crippen molar-refractivity contribution in [2.75, 3.05) is 13.1 Å². The summed E-state index contributed by atoms with van der Waals surface area (Å²) in [7, 11) is 0. The normalized spacial score (nSPS) is 16.9. The van der Waals surface area contributed by atoms with Gasteiger partial charge in [0.15, 0.2) is 0 Å². The molecule has 2 N–H and O–H groups in total. The van der Waals surface area contributed by atoms with Crippen LogP contribution in [0.1, 0.15) is 39.5 Å². The first-order chi connectivity index (χ1) is 8.08. The van der Waals surface area contributed by atoms with E-state index in [-0.39, 0.29) is 5.91 Å². The molecular formula is C14H26N2O. The Labute approximate surface area is 105 Å². The Hall–Kier alpha value is -0.830. The number of carbonyl (C=O) groups is 1. The summed E-state index contributed by atoms with van der Waals surface area (Å²) in [6.45, 7) is 9.37. The van der Waals surface area contributed by atoms with Crippen LogP contribution in [0.25, 0.3) is 0 Å². The lowest BCUT2D eigenvalue weighted by Crippen LogP contribution is -2.35. The maximum atomic E-state index is 12.2. The van der Waals surface area contributed by atoms with Gasteiger partial charge in [0, 0.05) is 19.0 Å². The third-order valence-electron chi connectivity index (χ3n) is 3.24. The molecule has 1 amide bonds. The number of carbonyl (C=O) groups excluding carboxylic acids is 1. The molecule has 0 aliphatic heterocycles. The Morgan fingerprint density at radius 2 is 2.18 bits per heavy atom. The molecule has 1 fully saturated rings. The SMILES string of the molecule is C=CCN(C(=O)CC(CN)CC(C)C)C1CC1. The quantitative estimate of drug-likeness (QED) is 0.659. The van der Waals surface area contributed by atoms with Gasteiger partial charge in [-0.3, -0.25) is 4.79 Å². The fourth-order valence-electron chi connectivity index (χ4n) is 2.27. The van der Waals surface area contributed by atoms with E-state index in [0.29, 0.717) is 37.4 Å². The predicted octanol–water partition coefficient (Wildman–Crippen LogP) is 2.17. The average molecular weight is 238 g/mol. The van der Waals surface area contributed by atoms with E-state index in [2.05, 4.69) is 20.4 Å². The van der Waals surface area contributed by atoms with E-state index < -0.39 is 0 Å². The number of hydrogen-bond acceptors (Lipinski definition) is 2. The van der Waals surface area contributed by atoms with Crippen molar-refractivity contribution >= 4 is 5.91 Å². The van der Waals surface area contributed by atoms with Gasteiger partial charge in [0.05, 0.1) is 0 Å². The molecule has 1 unspecified atom stereocenters. The number of hydrogen-bond donors (Lipinski definition) is 1. The third-order valence-corrected chi connectivity index (χ3v) is 3.24. The lowest BCUT2D eigenvalue weighted by atomic mass is 9.93. The van der Waals surface area contributed by atoms with Gasteiger partial charge in [0.2, 0.25) is 5.91 Å². The van der Waals surface area contributed by atoms with Gasteiger partial charge in [0.25, 0.3) is 0 Å². The summed E-state index contributed by atoms with van der Waals surface area (Å²) in [4.78, 5) is 14.2. The molecule has 0 saturated heterocycles. The van der Waals surface area contributed by atoms with Crippen LogP contribution < -0.4 is 5.73 Å². The van der Waals surface area contributed by atoms with E-state index in [1.807, 2.05) is 11.0 Å². The van der Waals surface area contributed by atoms with Crippen LogP contribution in [0.3, 0.4) is 0 Å². The van der Waals surface area contributed by atoms with Gasteiger partial charge >= 0.3 is 0 Å². The molecule has 1 aliphatic carbocycles. The van der Waals surface area contributed by atoms with Gasteiger partial charge in [-0.2, -0.15) is 0 Å². The van der Waals surface area contributed by atoms with Crippen LogP contribution in [0, 0.1) is 11.8 Å². The molecule has 0 aromatic heterocycles. The van der Waals surface area contributed by atoms with Crippen molar-refractivity contribution in [3.8, 4) is 0 Å². The first kappa shape index (κ1) is 14.2. The molecule has 0 aromatic carbocycles. The molecule has 98 valence electrons. The third kappa shape index (κ3) is 4.90. The van der Waals surface area contributed by atoms with Crippen molar-refractivity contribution in [2.24, 2.45) is 17.6 Å². The van der Waals surface area contributed by atoms with Crippen molar-refractivity contribution in [1.82, 2.24) is 4.90 Å². The van der Waals surface area contributed by atoms with Crippen LogP contribution in [-0.2, 0) is 4.79 Å². The topological polar surface area (TPSA) is 46.3 Å². The van der Waals surface area contributed by atoms with E-state index in [1.165, 1.54) is 0 Å². The van der Waals surface area contributed by atoms with Crippen LogP contribution in [0.5, 0.6) is 0 Å². The largest absolute Gasteiger partial charge is 0.336 e. The summed E-state index contributed by atoms with van der Waals surface area (Å²) in [5, 5.41) is 0. The summed E-state index contributed by atoms with van der Waals surface area (Å²) in [5.41, 5.74) is 5.74. The lowest BCUT2D eigenvalue weighted by Gasteiger charge is -2.24. The maximum absolute atomic E-state index is 12.2. The zero-order chi connectivity index (χ0) is 12.8. The van der Waals surface area contributed by atoms with E-state index in [9.17, 15) is 4.79 Å². The van der Waals surface area contributed by atoms with Crippen LogP contribution >= 0.6 is 0 Å². The summed E-state index contributed by atoms with van der Waals surface area (Å²) < 4.78 is 0. The van der Waals surface area contributed by atoms with Crippen molar-refractivity contribution in [2.45, 2.75) is 45.6 Å². The van der Waals surface area contributed by atoms with Crippen molar-refractivity contribution in [3.05, 3.63) is 12.7 Å². The number of nitrogens with two attached hydrogens (primary N) is 1. The van der Waals surface area contributed by atoms with E-state index >= 15 is 0 Å². The summed E-state index contributed by atoms with van der Waals surface area (Å²) in [5.74, 6) is 1.18. The number of nitrogens with zero attached hydrogens (tertiary/aromatic N) is 1. The molecule has 1 saturated carbocycles. The number of amides is 1. The maximum Gasteiger partial charge on any atom is 0.223 e. The van der Waals surface area contributed by atoms with E-state index in [1.54, 1.807) is 0 Å². The second kappa shape index (κ2) is 6.80. The first-order valence-corrected chi connectivity index (χ1v) is 6.68. The molecule has 0 bridgehead atoms. The highest BCUT2D eigenvalue weighted by atomic mass is 16.2. The van der Waals surface area contributed by atoms with Crippen molar-refractivity contribution < 1.29 is 4.79 Å². The monoisotopic (exact) mass is 238 g/mol. The Kier molecular flexibility index (Phi) is 5.69. The van der Waals surface area contributed by atoms with Gasteiger partial charge in [0.1, 0.15) is 0 Å². The Morgan fingerprint density at radius 3 is 2.59 bits per heavy atom. The zero-order valence-corrected chi connectivity index (χ0v) is 11.2.